The Morgan fingerprint density at radius 2 is 2.03 bits per heavy atom. The maximum atomic E-state index is 12.0. The van der Waals surface area contributed by atoms with Crippen LogP contribution in [-0.2, 0) is 14.2 Å². The van der Waals surface area contributed by atoms with Crippen molar-refractivity contribution >= 4 is 23.4 Å². The van der Waals surface area contributed by atoms with Gasteiger partial charge in [0.05, 0.1) is 36.7 Å². The predicted molar refractivity (Wildman–Crippen MR) is 109 cm³/mol. The zero-order chi connectivity index (χ0) is 21.6. The molecule has 1 aliphatic rings. The molecule has 1 atom stereocenters. The number of hydrogen-bond acceptors (Lipinski definition) is 8. The number of esters is 1. The van der Waals surface area contributed by atoms with Crippen LogP contribution in [0.15, 0.2) is 12.1 Å². The summed E-state index contributed by atoms with van der Waals surface area (Å²) >= 11 is 0. The summed E-state index contributed by atoms with van der Waals surface area (Å²) in [5.41, 5.74) is 6.90. The molecule has 0 aromatic heterocycles. The Morgan fingerprint density at radius 3 is 2.59 bits per heavy atom. The van der Waals surface area contributed by atoms with Crippen LogP contribution in [-0.4, -0.2) is 69.1 Å². The Labute approximate surface area is 171 Å². The second-order valence-corrected chi connectivity index (χ2v) is 7.84. The molecule has 1 fully saturated rings. The van der Waals surface area contributed by atoms with Crippen LogP contribution in [0, 0.1) is 0 Å². The van der Waals surface area contributed by atoms with Crippen LogP contribution in [0.3, 0.4) is 0 Å². The summed E-state index contributed by atoms with van der Waals surface area (Å²) in [7, 11) is 2.93. The number of hydrogen-bond donors (Lipinski definition) is 2. The standard InChI is InChI=1S/C20H31N3O6/c1-20(2,3)29-19(25)23(4)7-9-28-16-11-13(18(24)26-5)10-15(17(16)21)22-12-14-6-8-27-14/h10-11,14,22H,6-9,12,21H2,1-5H3/t14-/m0/s1. The third-order valence-corrected chi connectivity index (χ3v) is 4.27. The van der Waals surface area contributed by atoms with Crippen molar-refractivity contribution in [2.24, 2.45) is 0 Å². The number of nitrogens with zero attached hydrogens (tertiary/aromatic N) is 1. The first-order valence-electron chi connectivity index (χ1n) is 9.55. The van der Waals surface area contributed by atoms with Gasteiger partial charge in [-0.05, 0) is 39.3 Å². The van der Waals surface area contributed by atoms with Crippen LogP contribution in [0.1, 0.15) is 37.6 Å². The number of methoxy groups -OCH3 is 1. The number of nitrogens with one attached hydrogen (secondary N) is 1. The molecule has 0 spiro atoms. The fourth-order valence-corrected chi connectivity index (χ4v) is 2.52. The summed E-state index contributed by atoms with van der Waals surface area (Å²) < 4.78 is 21.3. The number of amides is 1. The second-order valence-electron chi connectivity index (χ2n) is 7.84. The summed E-state index contributed by atoms with van der Waals surface area (Å²) in [6.45, 7) is 7.21. The minimum absolute atomic E-state index is 0.128. The highest BCUT2D eigenvalue weighted by molar-refractivity contribution is 5.93. The van der Waals surface area contributed by atoms with Crippen LogP contribution in [0.5, 0.6) is 5.75 Å². The van der Waals surface area contributed by atoms with E-state index in [1.165, 1.54) is 18.1 Å². The van der Waals surface area contributed by atoms with Gasteiger partial charge < -0.3 is 34.9 Å². The molecular weight excluding hydrogens is 378 g/mol. The molecule has 0 aliphatic carbocycles. The average Bonchev–Trinajstić information content (AvgIpc) is 2.60. The number of carbonyl (C=O) groups is 2. The molecule has 1 saturated heterocycles. The molecule has 162 valence electrons. The molecule has 0 bridgehead atoms. The highest BCUT2D eigenvalue weighted by Crippen LogP contribution is 2.32. The van der Waals surface area contributed by atoms with Gasteiger partial charge in [0.25, 0.3) is 0 Å². The van der Waals surface area contributed by atoms with Gasteiger partial charge in [0.1, 0.15) is 18.0 Å². The summed E-state index contributed by atoms with van der Waals surface area (Å²) in [6.07, 6.45) is 0.660. The molecule has 1 aromatic carbocycles. The lowest BCUT2D eigenvalue weighted by atomic mass is 10.1. The van der Waals surface area contributed by atoms with E-state index in [1.807, 2.05) is 0 Å². The molecule has 0 radical (unpaired) electrons. The van der Waals surface area contributed by atoms with Crippen LogP contribution < -0.4 is 15.8 Å². The highest BCUT2D eigenvalue weighted by atomic mass is 16.6. The first-order chi connectivity index (χ1) is 13.6. The van der Waals surface area contributed by atoms with Gasteiger partial charge >= 0.3 is 12.1 Å². The van der Waals surface area contributed by atoms with E-state index in [9.17, 15) is 9.59 Å². The second kappa shape index (κ2) is 9.69. The third-order valence-electron chi connectivity index (χ3n) is 4.27. The predicted octanol–water partition coefficient (Wildman–Crippen LogP) is 2.50. The number of anilines is 2. The van der Waals surface area contributed by atoms with Gasteiger partial charge in [0.15, 0.2) is 0 Å². The number of nitrogens with two attached hydrogens (primary N) is 1. The Balaban J connectivity index is 2.03. The molecule has 29 heavy (non-hydrogen) atoms. The number of nitrogen functional groups attached to an aromatic ring is 1. The summed E-state index contributed by atoms with van der Waals surface area (Å²) in [5.74, 6) is -0.161. The number of rotatable bonds is 8. The normalized spacial score (nSPS) is 15.8. The zero-order valence-electron chi connectivity index (χ0n) is 17.7. The maximum absolute atomic E-state index is 12.0. The van der Waals surface area contributed by atoms with E-state index in [0.717, 1.165) is 13.0 Å². The fourth-order valence-electron chi connectivity index (χ4n) is 2.52. The summed E-state index contributed by atoms with van der Waals surface area (Å²) in [4.78, 5) is 25.4. The average molecular weight is 409 g/mol. The molecule has 3 N–H and O–H groups in total. The largest absolute Gasteiger partial charge is 0.489 e. The molecule has 2 rings (SSSR count). The fraction of sp³-hybridized carbons (Fsp3) is 0.600. The molecular formula is C20H31N3O6. The minimum atomic E-state index is -0.573. The summed E-state index contributed by atoms with van der Waals surface area (Å²) in [6, 6.07) is 3.15. The van der Waals surface area contributed by atoms with Crippen LogP contribution >= 0.6 is 0 Å². The van der Waals surface area contributed by atoms with E-state index in [0.29, 0.717) is 29.2 Å². The van der Waals surface area contributed by atoms with Gasteiger partial charge in [-0.3, -0.25) is 0 Å². The van der Waals surface area contributed by atoms with Crippen LogP contribution in [0.25, 0.3) is 0 Å². The molecule has 1 amide bonds. The SMILES string of the molecule is COC(=O)c1cc(NC[C@@H]2CCO2)c(N)c(OCCN(C)C(=O)OC(C)(C)C)c1. The molecule has 1 aliphatic heterocycles. The number of carbonyl (C=O) groups excluding carboxylic acids is 2. The number of benzene rings is 1. The van der Waals surface area contributed by atoms with Gasteiger partial charge in [-0.1, -0.05) is 0 Å². The molecule has 0 saturated carbocycles. The van der Waals surface area contributed by atoms with E-state index < -0.39 is 17.7 Å². The zero-order valence-corrected chi connectivity index (χ0v) is 17.7. The first kappa shape index (κ1) is 22.6. The molecule has 1 aromatic rings. The van der Waals surface area contributed by atoms with Gasteiger partial charge in [-0.2, -0.15) is 0 Å². The van der Waals surface area contributed by atoms with Gasteiger partial charge in [0, 0.05) is 20.2 Å². The van der Waals surface area contributed by atoms with Crippen molar-refractivity contribution < 1.29 is 28.5 Å². The Kier molecular flexibility index (Phi) is 7.55. The lowest BCUT2D eigenvalue weighted by Crippen LogP contribution is -2.36. The number of ether oxygens (including phenoxy) is 4. The van der Waals surface area contributed by atoms with E-state index >= 15 is 0 Å². The molecule has 9 nitrogen and oxygen atoms in total. The maximum Gasteiger partial charge on any atom is 0.410 e. The van der Waals surface area contributed by atoms with Crippen molar-refractivity contribution in [1.82, 2.24) is 4.90 Å². The van der Waals surface area contributed by atoms with E-state index in [4.69, 9.17) is 24.7 Å². The topological polar surface area (TPSA) is 112 Å². The van der Waals surface area contributed by atoms with Crippen molar-refractivity contribution in [1.29, 1.82) is 0 Å². The smallest absolute Gasteiger partial charge is 0.410 e. The van der Waals surface area contributed by atoms with Gasteiger partial charge in [-0.25, -0.2) is 9.59 Å². The molecule has 9 heteroatoms. The van der Waals surface area contributed by atoms with Gasteiger partial charge in [-0.15, -0.1) is 0 Å². The summed E-state index contributed by atoms with van der Waals surface area (Å²) in [5, 5.41) is 3.20. The van der Waals surface area contributed by atoms with Crippen molar-refractivity contribution in [3.8, 4) is 5.75 Å². The monoisotopic (exact) mass is 409 g/mol. The van der Waals surface area contributed by atoms with E-state index in [1.54, 1.807) is 33.9 Å². The lowest BCUT2D eigenvalue weighted by molar-refractivity contribution is -0.0410. The molecule has 1 heterocycles. The molecule has 0 unspecified atom stereocenters. The first-order valence-corrected chi connectivity index (χ1v) is 9.55. The van der Waals surface area contributed by atoms with Crippen LogP contribution in [0.4, 0.5) is 16.2 Å². The van der Waals surface area contributed by atoms with Crippen molar-refractivity contribution in [2.75, 3.05) is 51.5 Å². The Bertz CT molecular complexity index is 728. The Morgan fingerprint density at radius 1 is 1.34 bits per heavy atom. The van der Waals surface area contributed by atoms with Crippen LogP contribution in [0.2, 0.25) is 0 Å². The highest BCUT2D eigenvalue weighted by Gasteiger charge is 2.21. The van der Waals surface area contributed by atoms with Crippen molar-refractivity contribution in [2.45, 2.75) is 38.9 Å². The quantitative estimate of drug-likeness (QED) is 0.497. The minimum Gasteiger partial charge on any atom is -0.489 e. The van der Waals surface area contributed by atoms with E-state index in [-0.39, 0.29) is 19.3 Å². The lowest BCUT2D eigenvalue weighted by Gasteiger charge is -2.27. The third kappa shape index (κ3) is 6.70. The van der Waals surface area contributed by atoms with Gasteiger partial charge in [0.2, 0.25) is 0 Å². The van der Waals surface area contributed by atoms with E-state index in [2.05, 4.69) is 5.32 Å². The van der Waals surface area contributed by atoms with Crippen molar-refractivity contribution in [3.05, 3.63) is 17.7 Å². The number of likely N-dealkylation sites (N-methyl/N-ethyl adjacent to an activating group) is 1. The Hall–Kier alpha value is -2.68. The van der Waals surface area contributed by atoms with Crippen molar-refractivity contribution in [3.63, 3.8) is 0 Å².